The monoisotopic (exact) mass is 361 g/mol. The van der Waals surface area contributed by atoms with E-state index in [1.807, 2.05) is 19.1 Å². The van der Waals surface area contributed by atoms with Gasteiger partial charge in [0.25, 0.3) is 0 Å². The molecule has 2 aromatic heterocycles. The summed E-state index contributed by atoms with van der Waals surface area (Å²) in [5.41, 5.74) is 1.40. The molecule has 1 N–H and O–H groups in total. The molecule has 0 amide bonds. The molecule has 0 bridgehead atoms. The molecule has 0 saturated carbocycles. The molecule has 136 valence electrons. The summed E-state index contributed by atoms with van der Waals surface area (Å²) in [6.45, 7) is 5.04. The maximum Gasteiger partial charge on any atom is 0.416 e. The van der Waals surface area contributed by atoms with E-state index in [0.29, 0.717) is 17.0 Å². The second-order valence-electron chi connectivity index (χ2n) is 6.41. The van der Waals surface area contributed by atoms with E-state index >= 15 is 0 Å². The Bertz CT molecular complexity index is 926. The number of anilines is 2. The molecule has 0 radical (unpaired) electrons. The van der Waals surface area contributed by atoms with Gasteiger partial charge in [0.05, 0.1) is 16.6 Å². The first kappa shape index (κ1) is 16.7. The summed E-state index contributed by atoms with van der Waals surface area (Å²) in [5, 5.41) is 0. The summed E-state index contributed by atoms with van der Waals surface area (Å²) in [6.07, 6.45) is -2.57. The number of imidazole rings is 1. The van der Waals surface area contributed by atoms with Crippen LogP contribution in [0.1, 0.15) is 11.1 Å². The molecule has 5 nitrogen and oxygen atoms in total. The summed E-state index contributed by atoms with van der Waals surface area (Å²) in [6, 6.07) is 7.53. The Balaban J connectivity index is 1.52. The highest BCUT2D eigenvalue weighted by atomic mass is 19.4. The minimum atomic E-state index is -4.36. The van der Waals surface area contributed by atoms with Gasteiger partial charge in [0.2, 0.25) is 5.95 Å². The van der Waals surface area contributed by atoms with Crippen molar-refractivity contribution in [3.8, 4) is 0 Å². The molecule has 0 unspecified atom stereocenters. The molecule has 8 heteroatoms. The zero-order valence-corrected chi connectivity index (χ0v) is 14.2. The normalized spacial score (nSPS) is 15.7. The van der Waals surface area contributed by atoms with Crippen molar-refractivity contribution < 1.29 is 13.2 Å². The molecule has 1 aliphatic heterocycles. The smallest absolute Gasteiger partial charge is 0.353 e. The van der Waals surface area contributed by atoms with Gasteiger partial charge in [-0.15, -0.1) is 0 Å². The highest BCUT2D eigenvalue weighted by molar-refractivity contribution is 5.78. The highest BCUT2D eigenvalue weighted by Gasteiger charge is 2.31. The number of pyridine rings is 1. The van der Waals surface area contributed by atoms with Gasteiger partial charge in [0.1, 0.15) is 5.82 Å². The first-order valence-electron chi connectivity index (χ1n) is 8.40. The van der Waals surface area contributed by atoms with E-state index in [9.17, 15) is 13.2 Å². The third-order valence-electron chi connectivity index (χ3n) is 4.66. The molecule has 0 spiro atoms. The fourth-order valence-corrected chi connectivity index (χ4v) is 3.26. The van der Waals surface area contributed by atoms with Crippen LogP contribution in [0.2, 0.25) is 0 Å². The zero-order valence-electron chi connectivity index (χ0n) is 14.2. The van der Waals surface area contributed by atoms with E-state index in [2.05, 4.69) is 24.8 Å². The molecular weight excluding hydrogens is 343 g/mol. The van der Waals surface area contributed by atoms with Crippen molar-refractivity contribution in [1.82, 2.24) is 15.0 Å². The molecule has 1 aliphatic rings. The second kappa shape index (κ2) is 6.19. The molecule has 1 fully saturated rings. The lowest BCUT2D eigenvalue weighted by atomic mass is 10.2. The fraction of sp³-hybridized carbons (Fsp3) is 0.333. The quantitative estimate of drug-likeness (QED) is 0.758. The van der Waals surface area contributed by atoms with Gasteiger partial charge < -0.3 is 14.8 Å². The van der Waals surface area contributed by atoms with Gasteiger partial charge in [0, 0.05) is 32.4 Å². The van der Waals surface area contributed by atoms with Gasteiger partial charge in [-0.3, -0.25) is 0 Å². The second-order valence-corrected chi connectivity index (χ2v) is 6.41. The number of nitrogens with zero attached hydrogens (tertiary/aromatic N) is 4. The third-order valence-corrected chi connectivity index (χ3v) is 4.66. The number of nitrogens with one attached hydrogen (secondary N) is 1. The largest absolute Gasteiger partial charge is 0.416 e. The predicted molar refractivity (Wildman–Crippen MR) is 94.5 cm³/mol. The van der Waals surface area contributed by atoms with Crippen LogP contribution in [0.15, 0.2) is 36.5 Å². The number of halogens is 3. The van der Waals surface area contributed by atoms with Crippen LogP contribution in [0.5, 0.6) is 0 Å². The van der Waals surface area contributed by atoms with Crippen molar-refractivity contribution in [2.75, 3.05) is 36.0 Å². The highest BCUT2D eigenvalue weighted by Crippen LogP contribution is 2.31. The number of rotatable bonds is 2. The Morgan fingerprint density at radius 1 is 1.04 bits per heavy atom. The van der Waals surface area contributed by atoms with Crippen molar-refractivity contribution in [3.63, 3.8) is 0 Å². The van der Waals surface area contributed by atoms with E-state index in [-0.39, 0.29) is 0 Å². The number of piperazine rings is 1. The minimum Gasteiger partial charge on any atom is -0.353 e. The van der Waals surface area contributed by atoms with Crippen molar-refractivity contribution >= 4 is 22.8 Å². The zero-order chi connectivity index (χ0) is 18.3. The maximum absolute atomic E-state index is 12.9. The number of aryl methyl sites for hydroxylation is 1. The molecule has 4 rings (SSSR count). The maximum atomic E-state index is 12.9. The molecule has 1 saturated heterocycles. The number of alkyl halides is 3. The molecular formula is C18H18F3N5. The predicted octanol–water partition coefficient (Wildman–Crippen LogP) is 3.61. The van der Waals surface area contributed by atoms with E-state index in [1.165, 1.54) is 6.07 Å². The van der Waals surface area contributed by atoms with Crippen molar-refractivity contribution in [2.45, 2.75) is 13.1 Å². The van der Waals surface area contributed by atoms with Crippen LogP contribution in [0.3, 0.4) is 0 Å². The summed E-state index contributed by atoms with van der Waals surface area (Å²) in [4.78, 5) is 16.2. The Morgan fingerprint density at radius 2 is 1.77 bits per heavy atom. The van der Waals surface area contributed by atoms with Crippen molar-refractivity contribution in [3.05, 3.63) is 47.7 Å². The average Bonchev–Trinajstić information content (AvgIpc) is 3.05. The van der Waals surface area contributed by atoms with Crippen LogP contribution in [-0.2, 0) is 6.18 Å². The Labute approximate surface area is 148 Å². The first-order valence-corrected chi connectivity index (χ1v) is 8.40. The first-order chi connectivity index (χ1) is 12.4. The Hall–Kier alpha value is -2.77. The standard InChI is InChI=1S/C18H18F3N5/c1-12-3-2-6-22-16(12)25-7-9-26(10-8-25)17-23-14-5-4-13(18(19,20)21)11-15(14)24-17/h2-6,11H,7-10H2,1H3,(H,23,24). The van der Waals surface area contributed by atoms with Crippen molar-refractivity contribution in [2.24, 2.45) is 0 Å². The van der Waals surface area contributed by atoms with Gasteiger partial charge in [-0.05, 0) is 36.8 Å². The Kier molecular flexibility index (Phi) is 3.97. The van der Waals surface area contributed by atoms with E-state index in [0.717, 1.165) is 49.7 Å². The van der Waals surface area contributed by atoms with Gasteiger partial charge in [0.15, 0.2) is 0 Å². The van der Waals surface area contributed by atoms with Gasteiger partial charge in [-0.1, -0.05) is 6.07 Å². The number of fused-ring (bicyclic) bond motifs is 1. The molecule has 1 aromatic carbocycles. The third kappa shape index (κ3) is 3.07. The van der Waals surface area contributed by atoms with Gasteiger partial charge in [-0.2, -0.15) is 13.2 Å². The van der Waals surface area contributed by atoms with E-state index in [1.54, 1.807) is 6.20 Å². The number of benzene rings is 1. The average molecular weight is 361 g/mol. The number of aromatic amines is 1. The lowest BCUT2D eigenvalue weighted by Gasteiger charge is -2.35. The number of hydrogen-bond donors (Lipinski definition) is 1. The topological polar surface area (TPSA) is 48.1 Å². The van der Waals surface area contributed by atoms with Crippen LogP contribution < -0.4 is 9.80 Å². The number of aromatic nitrogens is 3. The Morgan fingerprint density at radius 3 is 2.46 bits per heavy atom. The molecule has 3 heterocycles. The molecule has 0 atom stereocenters. The minimum absolute atomic E-state index is 0.401. The lowest BCUT2D eigenvalue weighted by molar-refractivity contribution is -0.137. The van der Waals surface area contributed by atoms with Crippen LogP contribution in [0.4, 0.5) is 24.9 Å². The van der Waals surface area contributed by atoms with Crippen molar-refractivity contribution in [1.29, 1.82) is 0 Å². The fourth-order valence-electron chi connectivity index (χ4n) is 3.26. The van der Waals surface area contributed by atoms with Gasteiger partial charge in [-0.25, -0.2) is 9.97 Å². The lowest BCUT2D eigenvalue weighted by Crippen LogP contribution is -2.47. The molecule has 26 heavy (non-hydrogen) atoms. The SMILES string of the molecule is Cc1cccnc1N1CCN(c2nc3ccc(C(F)(F)F)cc3[nH]2)CC1. The molecule has 3 aromatic rings. The van der Waals surface area contributed by atoms with E-state index < -0.39 is 11.7 Å². The summed E-state index contributed by atoms with van der Waals surface area (Å²) in [7, 11) is 0. The van der Waals surface area contributed by atoms with Crippen LogP contribution in [-0.4, -0.2) is 41.1 Å². The summed E-state index contributed by atoms with van der Waals surface area (Å²) < 4.78 is 38.6. The molecule has 0 aliphatic carbocycles. The van der Waals surface area contributed by atoms with Gasteiger partial charge >= 0.3 is 6.18 Å². The van der Waals surface area contributed by atoms with Crippen LogP contribution in [0.25, 0.3) is 11.0 Å². The summed E-state index contributed by atoms with van der Waals surface area (Å²) in [5.74, 6) is 1.59. The van der Waals surface area contributed by atoms with Crippen LogP contribution >= 0.6 is 0 Å². The number of hydrogen-bond acceptors (Lipinski definition) is 4. The van der Waals surface area contributed by atoms with Crippen LogP contribution in [0, 0.1) is 6.92 Å². The number of H-pyrrole nitrogens is 1. The summed E-state index contributed by atoms with van der Waals surface area (Å²) >= 11 is 0. The van der Waals surface area contributed by atoms with E-state index in [4.69, 9.17) is 0 Å².